The predicted octanol–water partition coefficient (Wildman–Crippen LogP) is -0.895. The van der Waals surface area contributed by atoms with Gasteiger partial charge in [0.15, 0.2) is 0 Å². The number of nitrogens with zero attached hydrogens (tertiary/aromatic N) is 1. The molecule has 0 atom stereocenters. The highest BCUT2D eigenvalue weighted by atomic mass is 16.5. The Balaban J connectivity index is 2.11. The van der Waals surface area contributed by atoms with Crippen LogP contribution >= 0.6 is 0 Å². The van der Waals surface area contributed by atoms with Gasteiger partial charge in [-0.25, -0.2) is 4.79 Å². The molecule has 1 aliphatic rings. The normalized spacial score (nSPS) is 14.2. The van der Waals surface area contributed by atoms with Crippen molar-refractivity contribution in [1.82, 2.24) is 4.90 Å². The minimum atomic E-state index is -1.53. The summed E-state index contributed by atoms with van der Waals surface area (Å²) in [6, 6.07) is 2.94. The number of hydrogen-bond donors (Lipinski definition) is 6. The number of aromatic carboxylic acids is 1. The highest BCUT2D eigenvalue weighted by Crippen LogP contribution is 2.33. The smallest absolute Gasteiger partial charge is 0.451 e. The van der Waals surface area contributed by atoms with Crippen LogP contribution in [-0.4, -0.2) is 69.8 Å². The number of likely N-dealkylation sites (tertiary alicyclic amines) is 1. The van der Waals surface area contributed by atoms with Crippen LogP contribution in [-0.2, 0) is 6.42 Å². The van der Waals surface area contributed by atoms with Crippen molar-refractivity contribution in [2.45, 2.75) is 18.8 Å². The quantitative estimate of drug-likeness (QED) is 0.212. The number of carboxylic acid groups (broad SMARTS) is 1. The van der Waals surface area contributed by atoms with Crippen molar-refractivity contribution in [2.75, 3.05) is 19.6 Å². The van der Waals surface area contributed by atoms with E-state index in [2.05, 4.69) is 0 Å². The van der Waals surface area contributed by atoms with E-state index in [0.29, 0.717) is 18.7 Å². The third kappa shape index (κ3) is 3.96. The van der Waals surface area contributed by atoms with E-state index in [9.17, 15) is 15.0 Å². The molecule has 1 aliphatic heterocycles. The summed E-state index contributed by atoms with van der Waals surface area (Å²) in [4.78, 5) is 13.2. The third-order valence-corrected chi connectivity index (χ3v) is 3.83. The topological polar surface area (TPSA) is 160 Å². The number of aromatic hydroxyl groups is 1. The van der Waals surface area contributed by atoms with Gasteiger partial charge < -0.3 is 35.6 Å². The first-order valence-electron chi connectivity index (χ1n) is 7.46. The molecule has 1 fully saturated rings. The first-order chi connectivity index (χ1) is 11.3. The molecule has 0 bridgehead atoms. The summed E-state index contributed by atoms with van der Waals surface area (Å²) in [5.41, 5.74) is 5.32. The summed E-state index contributed by atoms with van der Waals surface area (Å²) in [6.45, 7) is 0.974. The molecule has 130 valence electrons. The summed E-state index contributed by atoms with van der Waals surface area (Å²) in [5, 5.41) is 44.8. The Labute approximate surface area is 138 Å². The fourth-order valence-electron chi connectivity index (χ4n) is 2.45. The number of ether oxygens (including phenoxy) is 1. The van der Waals surface area contributed by atoms with Crippen molar-refractivity contribution in [3.8, 4) is 11.5 Å². The molecule has 24 heavy (non-hydrogen) atoms. The summed E-state index contributed by atoms with van der Waals surface area (Å²) in [6.07, 6.45) is -0.194. The molecule has 0 aliphatic carbocycles. The van der Waals surface area contributed by atoms with Gasteiger partial charge in [0.1, 0.15) is 29.0 Å². The lowest BCUT2D eigenvalue weighted by Gasteiger charge is -2.40. The number of nitrogens with two attached hydrogens (primary N) is 1. The van der Waals surface area contributed by atoms with E-state index in [-0.39, 0.29) is 42.5 Å². The Hall–Kier alpha value is -2.30. The van der Waals surface area contributed by atoms with Crippen molar-refractivity contribution in [3.63, 3.8) is 0 Å². The lowest BCUT2D eigenvalue weighted by molar-refractivity contribution is 0.0590. The monoisotopic (exact) mass is 337 g/mol. The van der Waals surface area contributed by atoms with Crippen LogP contribution in [0.3, 0.4) is 0 Å². The van der Waals surface area contributed by atoms with Gasteiger partial charge in [-0.1, -0.05) is 6.07 Å². The van der Waals surface area contributed by atoms with E-state index in [1.165, 1.54) is 12.1 Å². The zero-order valence-electron chi connectivity index (χ0n) is 13.0. The average molecular weight is 337 g/mol. The molecule has 0 amide bonds. The van der Waals surface area contributed by atoms with Crippen LogP contribution < -0.4 is 10.5 Å². The molecule has 2 rings (SSSR count). The van der Waals surface area contributed by atoms with Crippen molar-refractivity contribution >= 4 is 18.9 Å². The maximum absolute atomic E-state index is 11.4. The summed E-state index contributed by atoms with van der Waals surface area (Å²) in [7, 11) is -1.53. The van der Waals surface area contributed by atoms with E-state index < -0.39 is 18.8 Å². The molecule has 0 radical (unpaired) electrons. The average Bonchev–Trinajstić information content (AvgIpc) is 2.48. The second kappa shape index (κ2) is 7.52. The fraction of sp³-hybridized carbons (Fsp3) is 0.429. The van der Waals surface area contributed by atoms with Gasteiger partial charge in [0.2, 0.25) is 0 Å². The van der Waals surface area contributed by atoms with Crippen LogP contribution in [0.25, 0.3) is 0 Å². The number of aryl methyl sites for hydroxylation is 1. The lowest BCUT2D eigenvalue weighted by atomic mass is 9.82. The van der Waals surface area contributed by atoms with Crippen LogP contribution in [0.1, 0.15) is 15.9 Å². The zero-order valence-corrected chi connectivity index (χ0v) is 13.0. The standard InChI is InChI=1S/C14H20BN3O6/c16-5-11(17)18-6-9(7-18)24-10-2-1-8(3-4-15(22)23)13(19)12(10)14(20)21/h1-2,9,17,19,22-23H,3-7,16H2,(H,20,21). The summed E-state index contributed by atoms with van der Waals surface area (Å²) >= 11 is 0. The molecule has 0 spiro atoms. The number of phenols is 1. The fourth-order valence-corrected chi connectivity index (χ4v) is 2.45. The van der Waals surface area contributed by atoms with Gasteiger partial charge in [-0.3, -0.25) is 5.41 Å². The van der Waals surface area contributed by atoms with Crippen LogP contribution in [0.2, 0.25) is 6.32 Å². The van der Waals surface area contributed by atoms with Crippen molar-refractivity contribution < 1.29 is 29.8 Å². The second-order valence-corrected chi connectivity index (χ2v) is 5.57. The number of carbonyl (C=O) groups is 1. The van der Waals surface area contributed by atoms with E-state index in [0.717, 1.165) is 0 Å². The first-order valence-corrected chi connectivity index (χ1v) is 7.46. The number of rotatable bonds is 7. The van der Waals surface area contributed by atoms with E-state index in [4.69, 9.17) is 25.9 Å². The van der Waals surface area contributed by atoms with Crippen LogP contribution in [0.15, 0.2) is 12.1 Å². The van der Waals surface area contributed by atoms with Crippen molar-refractivity contribution in [2.24, 2.45) is 5.73 Å². The largest absolute Gasteiger partial charge is 0.507 e. The van der Waals surface area contributed by atoms with Crippen molar-refractivity contribution in [1.29, 1.82) is 5.41 Å². The molecular formula is C14H20BN3O6. The van der Waals surface area contributed by atoms with Gasteiger partial charge >= 0.3 is 13.1 Å². The SMILES string of the molecule is N=C(CN)N1CC(Oc2ccc(CCB(O)O)c(O)c2C(=O)O)C1. The maximum Gasteiger partial charge on any atom is 0.451 e. The van der Waals surface area contributed by atoms with Gasteiger partial charge in [-0.2, -0.15) is 0 Å². The third-order valence-electron chi connectivity index (χ3n) is 3.83. The van der Waals surface area contributed by atoms with Crippen molar-refractivity contribution in [3.05, 3.63) is 23.3 Å². The van der Waals surface area contributed by atoms with Gasteiger partial charge in [0, 0.05) is 0 Å². The lowest BCUT2D eigenvalue weighted by Crippen LogP contribution is -2.57. The predicted molar refractivity (Wildman–Crippen MR) is 86.5 cm³/mol. The Bertz CT molecular complexity index is 633. The van der Waals surface area contributed by atoms with Crippen LogP contribution in [0.4, 0.5) is 0 Å². The Kier molecular flexibility index (Phi) is 5.65. The first kappa shape index (κ1) is 18.0. The number of nitrogens with one attached hydrogen (secondary N) is 1. The van der Waals surface area contributed by atoms with E-state index >= 15 is 0 Å². The maximum atomic E-state index is 11.4. The van der Waals surface area contributed by atoms with E-state index in [1.807, 2.05) is 0 Å². The minimum Gasteiger partial charge on any atom is -0.507 e. The molecular weight excluding hydrogens is 317 g/mol. The van der Waals surface area contributed by atoms with Gasteiger partial charge in [-0.15, -0.1) is 0 Å². The second-order valence-electron chi connectivity index (χ2n) is 5.57. The van der Waals surface area contributed by atoms with E-state index in [1.54, 1.807) is 4.90 Å². The minimum absolute atomic E-state index is 0.0222. The van der Waals surface area contributed by atoms with Gasteiger partial charge in [-0.05, 0) is 24.4 Å². The number of carboxylic acids is 1. The summed E-state index contributed by atoms with van der Waals surface area (Å²) < 4.78 is 5.61. The molecule has 10 heteroatoms. The Morgan fingerprint density at radius 1 is 1.42 bits per heavy atom. The van der Waals surface area contributed by atoms with Gasteiger partial charge in [0.05, 0.1) is 19.6 Å². The molecule has 9 nitrogen and oxygen atoms in total. The highest BCUT2D eigenvalue weighted by molar-refractivity contribution is 6.41. The molecule has 0 saturated carbocycles. The molecule has 7 N–H and O–H groups in total. The number of amidine groups is 1. The Morgan fingerprint density at radius 2 is 2.08 bits per heavy atom. The Morgan fingerprint density at radius 3 is 2.62 bits per heavy atom. The molecule has 1 saturated heterocycles. The molecule has 1 aromatic rings. The summed E-state index contributed by atoms with van der Waals surface area (Å²) in [5.74, 6) is -1.45. The highest BCUT2D eigenvalue weighted by Gasteiger charge is 2.31. The molecule has 1 heterocycles. The number of benzene rings is 1. The zero-order chi connectivity index (χ0) is 17.9. The molecule has 1 aromatic carbocycles. The number of hydrogen-bond acceptors (Lipinski definition) is 7. The van der Waals surface area contributed by atoms with Gasteiger partial charge in [0.25, 0.3) is 0 Å². The molecule has 0 unspecified atom stereocenters. The van der Waals surface area contributed by atoms with Crippen LogP contribution in [0, 0.1) is 5.41 Å². The van der Waals surface area contributed by atoms with Crippen LogP contribution in [0.5, 0.6) is 11.5 Å². The molecule has 0 aromatic heterocycles.